The number of aromatic nitrogens is 3. The predicted octanol–water partition coefficient (Wildman–Crippen LogP) is 0.0770. The molecule has 2 unspecified atom stereocenters. The molecular weight excluding hydrogens is 190 g/mol. The predicted molar refractivity (Wildman–Crippen MR) is 58.1 cm³/mol. The Hall–Kier alpha value is -0.940. The number of nitrogens with two attached hydrogens (primary N) is 1. The highest BCUT2D eigenvalue weighted by Crippen LogP contribution is 2.12. The standard InChI is InChI=1S/C10H19N5/c1-8(9(2)11)5-14-3-4-15-7-12-13-10(15)6-14/h7-9H,3-6,11H2,1-2H3. The largest absolute Gasteiger partial charge is 0.328 e. The summed E-state index contributed by atoms with van der Waals surface area (Å²) in [6, 6.07) is 0.254. The Labute approximate surface area is 90.3 Å². The van der Waals surface area contributed by atoms with E-state index >= 15 is 0 Å². The summed E-state index contributed by atoms with van der Waals surface area (Å²) < 4.78 is 2.12. The highest BCUT2D eigenvalue weighted by Gasteiger charge is 2.20. The Bertz CT molecular complexity index is 319. The third kappa shape index (κ3) is 2.35. The summed E-state index contributed by atoms with van der Waals surface area (Å²) in [5.74, 6) is 1.59. The molecule has 1 aromatic rings. The lowest BCUT2D eigenvalue weighted by Crippen LogP contribution is -2.40. The van der Waals surface area contributed by atoms with E-state index in [4.69, 9.17) is 5.73 Å². The maximum atomic E-state index is 5.87. The van der Waals surface area contributed by atoms with E-state index in [1.165, 1.54) is 0 Å². The van der Waals surface area contributed by atoms with E-state index in [1.807, 2.05) is 6.33 Å². The van der Waals surface area contributed by atoms with E-state index in [-0.39, 0.29) is 6.04 Å². The Kier molecular flexibility index (Phi) is 3.02. The number of hydrogen-bond acceptors (Lipinski definition) is 4. The van der Waals surface area contributed by atoms with Gasteiger partial charge < -0.3 is 10.3 Å². The summed E-state index contributed by atoms with van der Waals surface area (Å²) in [4.78, 5) is 2.40. The van der Waals surface area contributed by atoms with Gasteiger partial charge in [0.15, 0.2) is 0 Å². The molecule has 0 radical (unpaired) electrons. The van der Waals surface area contributed by atoms with Crippen molar-refractivity contribution >= 4 is 0 Å². The van der Waals surface area contributed by atoms with Gasteiger partial charge in [-0.1, -0.05) is 6.92 Å². The van der Waals surface area contributed by atoms with Gasteiger partial charge in [-0.15, -0.1) is 10.2 Å². The quantitative estimate of drug-likeness (QED) is 0.765. The van der Waals surface area contributed by atoms with Crippen LogP contribution in [-0.4, -0.2) is 38.8 Å². The van der Waals surface area contributed by atoms with Crippen molar-refractivity contribution < 1.29 is 0 Å². The molecule has 0 amide bonds. The van der Waals surface area contributed by atoms with Gasteiger partial charge in [-0.25, -0.2) is 0 Å². The van der Waals surface area contributed by atoms with Crippen LogP contribution in [0.15, 0.2) is 6.33 Å². The Morgan fingerprint density at radius 2 is 2.27 bits per heavy atom. The molecule has 2 N–H and O–H groups in total. The third-order valence-corrected chi connectivity index (χ3v) is 3.16. The normalized spacial score (nSPS) is 21.0. The van der Waals surface area contributed by atoms with Crippen molar-refractivity contribution in [3.8, 4) is 0 Å². The topological polar surface area (TPSA) is 60.0 Å². The molecule has 0 spiro atoms. The van der Waals surface area contributed by atoms with Crippen molar-refractivity contribution in [2.24, 2.45) is 11.7 Å². The lowest BCUT2D eigenvalue weighted by atomic mass is 10.0. The number of hydrogen-bond donors (Lipinski definition) is 1. The zero-order chi connectivity index (χ0) is 10.8. The van der Waals surface area contributed by atoms with Crippen LogP contribution in [0.4, 0.5) is 0 Å². The molecule has 1 aliphatic heterocycles. The molecule has 0 bridgehead atoms. The van der Waals surface area contributed by atoms with Crippen molar-refractivity contribution in [1.29, 1.82) is 0 Å². The lowest BCUT2D eigenvalue weighted by molar-refractivity contribution is 0.181. The minimum absolute atomic E-state index is 0.254. The summed E-state index contributed by atoms with van der Waals surface area (Å²) in [6.45, 7) is 8.28. The molecule has 84 valence electrons. The summed E-state index contributed by atoms with van der Waals surface area (Å²) in [5.41, 5.74) is 5.87. The van der Waals surface area contributed by atoms with Crippen molar-refractivity contribution in [1.82, 2.24) is 19.7 Å². The van der Waals surface area contributed by atoms with Crippen LogP contribution in [-0.2, 0) is 13.1 Å². The molecule has 2 atom stereocenters. The first-order valence-corrected chi connectivity index (χ1v) is 5.51. The van der Waals surface area contributed by atoms with E-state index < -0.39 is 0 Å². The molecule has 0 saturated carbocycles. The van der Waals surface area contributed by atoms with Gasteiger partial charge in [0.2, 0.25) is 0 Å². The smallest absolute Gasteiger partial charge is 0.147 e. The Morgan fingerprint density at radius 3 is 3.00 bits per heavy atom. The molecule has 5 nitrogen and oxygen atoms in total. The van der Waals surface area contributed by atoms with Crippen molar-refractivity contribution in [2.45, 2.75) is 33.0 Å². The maximum Gasteiger partial charge on any atom is 0.147 e. The summed E-state index contributed by atoms with van der Waals surface area (Å²) in [6.07, 6.45) is 1.81. The monoisotopic (exact) mass is 209 g/mol. The minimum atomic E-state index is 0.254. The fourth-order valence-electron chi connectivity index (χ4n) is 1.85. The van der Waals surface area contributed by atoms with Crippen molar-refractivity contribution in [3.05, 3.63) is 12.2 Å². The van der Waals surface area contributed by atoms with Gasteiger partial charge in [-0.3, -0.25) is 4.90 Å². The van der Waals surface area contributed by atoms with Gasteiger partial charge in [0.1, 0.15) is 12.2 Å². The van der Waals surface area contributed by atoms with Crippen LogP contribution < -0.4 is 5.73 Å². The van der Waals surface area contributed by atoms with Gasteiger partial charge in [0.25, 0.3) is 0 Å². The molecule has 1 aliphatic rings. The van der Waals surface area contributed by atoms with Crippen LogP contribution in [0.5, 0.6) is 0 Å². The van der Waals surface area contributed by atoms with Crippen LogP contribution in [0.25, 0.3) is 0 Å². The molecule has 1 aromatic heterocycles. The lowest BCUT2D eigenvalue weighted by Gasteiger charge is -2.30. The highest BCUT2D eigenvalue weighted by atomic mass is 15.3. The summed E-state index contributed by atoms with van der Waals surface area (Å²) in [5, 5.41) is 8.01. The molecule has 15 heavy (non-hydrogen) atoms. The molecule has 5 heteroatoms. The maximum absolute atomic E-state index is 5.87. The van der Waals surface area contributed by atoms with E-state index in [9.17, 15) is 0 Å². The summed E-state index contributed by atoms with van der Waals surface area (Å²) >= 11 is 0. The second-order valence-electron chi connectivity index (χ2n) is 4.51. The zero-order valence-corrected chi connectivity index (χ0v) is 9.43. The number of nitrogens with zero attached hydrogens (tertiary/aromatic N) is 4. The van der Waals surface area contributed by atoms with Gasteiger partial charge in [-0.05, 0) is 12.8 Å². The average molecular weight is 209 g/mol. The molecular formula is C10H19N5. The first-order chi connectivity index (χ1) is 7.16. The first-order valence-electron chi connectivity index (χ1n) is 5.51. The molecule has 2 rings (SSSR count). The van der Waals surface area contributed by atoms with Crippen LogP contribution in [0.1, 0.15) is 19.7 Å². The van der Waals surface area contributed by atoms with E-state index in [0.29, 0.717) is 5.92 Å². The van der Waals surface area contributed by atoms with Crippen molar-refractivity contribution in [3.63, 3.8) is 0 Å². The van der Waals surface area contributed by atoms with Crippen molar-refractivity contribution in [2.75, 3.05) is 13.1 Å². The van der Waals surface area contributed by atoms with Crippen LogP contribution >= 0.6 is 0 Å². The Morgan fingerprint density at radius 1 is 1.47 bits per heavy atom. The van der Waals surface area contributed by atoms with Gasteiger partial charge in [-0.2, -0.15) is 0 Å². The van der Waals surface area contributed by atoms with E-state index in [0.717, 1.165) is 32.0 Å². The van der Waals surface area contributed by atoms with E-state index in [1.54, 1.807) is 0 Å². The fraction of sp³-hybridized carbons (Fsp3) is 0.800. The first kappa shape index (κ1) is 10.6. The van der Waals surface area contributed by atoms with Crippen LogP contribution in [0.3, 0.4) is 0 Å². The zero-order valence-electron chi connectivity index (χ0n) is 9.43. The molecule has 0 aliphatic carbocycles. The van der Waals surface area contributed by atoms with E-state index in [2.05, 4.69) is 33.5 Å². The second kappa shape index (κ2) is 4.28. The van der Waals surface area contributed by atoms with Crippen LogP contribution in [0, 0.1) is 5.92 Å². The van der Waals surface area contributed by atoms with Gasteiger partial charge in [0.05, 0.1) is 6.54 Å². The molecule has 0 saturated heterocycles. The van der Waals surface area contributed by atoms with Crippen LogP contribution in [0.2, 0.25) is 0 Å². The molecule has 2 heterocycles. The van der Waals surface area contributed by atoms with Gasteiger partial charge in [0, 0.05) is 25.7 Å². The Balaban J connectivity index is 1.93. The molecule has 0 fully saturated rings. The summed E-state index contributed by atoms with van der Waals surface area (Å²) in [7, 11) is 0. The number of fused-ring (bicyclic) bond motifs is 1. The third-order valence-electron chi connectivity index (χ3n) is 3.16. The highest BCUT2D eigenvalue weighted by molar-refractivity contribution is 4.90. The average Bonchev–Trinajstić information content (AvgIpc) is 2.64. The minimum Gasteiger partial charge on any atom is -0.328 e. The SMILES string of the molecule is CC(N)C(C)CN1CCn2cnnc2C1. The number of rotatable bonds is 3. The molecule has 0 aromatic carbocycles. The van der Waals surface area contributed by atoms with Gasteiger partial charge >= 0.3 is 0 Å². The fourth-order valence-corrected chi connectivity index (χ4v) is 1.85. The second-order valence-corrected chi connectivity index (χ2v) is 4.51.